The maximum Gasteiger partial charge on any atom is 0.408 e. The monoisotopic (exact) mass is 423 g/mol. The predicted octanol–water partition coefficient (Wildman–Crippen LogP) is 3.13. The second kappa shape index (κ2) is 6.95. The van der Waals surface area contributed by atoms with Gasteiger partial charge in [-0.2, -0.15) is 13.2 Å². The Morgan fingerprint density at radius 2 is 2.07 bits per heavy atom. The summed E-state index contributed by atoms with van der Waals surface area (Å²) in [5.41, 5.74) is 0.224. The van der Waals surface area contributed by atoms with Crippen LogP contribution in [0.2, 0.25) is 0 Å². The third-order valence-electron chi connectivity index (χ3n) is 5.94. The molecule has 1 unspecified atom stereocenters. The number of nitrogens with one attached hydrogen (secondary N) is 1. The number of carbonyl (C=O) groups is 2. The van der Waals surface area contributed by atoms with Crippen molar-refractivity contribution >= 4 is 23.3 Å². The highest BCUT2D eigenvalue weighted by atomic mass is 19.4. The highest BCUT2D eigenvalue weighted by Crippen LogP contribution is 2.40. The van der Waals surface area contributed by atoms with Crippen LogP contribution >= 0.6 is 0 Å². The molecular weight excluding hydrogens is 399 g/mol. The van der Waals surface area contributed by atoms with Gasteiger partial charge in [0.1, 0.15) is 18.2 Å². The second-order valence-electron chi connectivity index (χ2n) is 8.67. The third-order valence-corrected chi connectivity index (χ3v) is 5.94. The second-order valence-corrected chi connectivity index (χ2v) is 8.67. The molecule has 1 aliphatic heterocycles. The molecule has 4 rings (SSSR count). The van der Waals surface area contributed by atoms with Crippen molar-refractivity contribution in [1.82, 2.24) is 19.7 Å². The van der Waals surface area contributed by atoms with E-state index >= 15 is 0 Å². The van der Waals surface area contributed by atoms with Crippen molar-refractivity contribution in [2.75, 3.05) is 11.4 Å². The molecule has 2 amide bonds. The Balaban J connectivity index is 1.71. The summed E-state index contributed by atoms with van der Waals surface area (Å²) in [5, 5.41) is 2.10. The summed E-state index contributed by atoms with van der Waals surface area (Å²) in [6, 6.07) is -0.130. The number of imidazole rings is 1. The largest absolute Gasteiger partial charge is 0.408 e. The Hall–Kier alpha value is -2.65. The van der Waals surface area contributed by atoms with Crippen LogP contribution in [0.3, 0.4) is 0 Å². The molecule has 2 fully saturated rings. The van der Waals surface area contributed by atoms with Gasteiger partial charge in [0, 0.05) is 23.7 Å². The van der Waals surface area contributed by atoms with Gasteiger partial charge >= 0.3 is 6.18 Å². The van der Waals surface area contributed by atoms with Crippen molar-refractivity contribution in [3.05, 3.63) is 23.8 Å². The average molecular weight is 423 g/mol. The van der Waals surface area contributed by atoms with Crippen LogP contribution in [-0.4, -0.2) is 44.9 Å². The topological polar surface area (TPSA) is 79.6 Å². The van der Waals surface area contributed by atoms with E-state index in [0.717, 1.165) is 5.69 Å². The molecule has 30 heavy (non-hydrogen) atoms. The van der Waals surface area contributed by atoms with Gasteiger partial charge in [-0.15, -0.1) is 0 Å². The van der Waals surface area contributed by atoms with Crippen LogP contribution in [0.4, 0.5) is 19.0 Å². The number of aromatic nitrogens is 3. The van der Waals surface area contributed by atoms with Crippen LogP contribution in [0, 0.1) is 11.3 Å². The fourth-order valence-corrected chi connectivity index (χ4v) is 3.88. The Labute approximate surface area is 171 Å². The summed E-state index contributed by atoms with van der Waals surface area (Å²) in [5.74, 6) is -1.19. The van der Waals surface area contributed by atoms with E-state index < -0.39 is 29.5 Å². The van der Waals surface area contributed by atoms with Crippen molar-refractivity contribution in [3.63, 3.8) is 0 Å². The van der Waals surface area contributed by atoms with Gasteiger partial charge in [-0.05, 0) is 31.6 Å². The van der Waals surface area contributed by atoms with E-state index in [-0.39, 0.29) is 17.2 Å². The molecule has 2 aliphatic rings. The number of anilines is 1. The molecule has 162 valence electrons. The minimum Gasteiger partial charge on any atom is -0.339 e. The van der Waals surface area contributed by atoms with E-state index in [0.29, 0.717) is 38.0 Å². The lowest BCUT2D eigenvalue weighted by atomic mass is 9.92. The maximum absolute atomic E-state index is 13.3. The van der Waals surface area contributed by atoms with Crippen molar-refractivity contribution in [2.45, 2.75) is 58.7 Å². The average Bonchev–Trinajstić information content (AvgIpc) is 3.35. The molecule has 0 radical (unpaired) electrons. The van der Waals surface area contributed by atoms with E-state index in [2.05, 4.69) is 15.3 Å². The standard InChI is InChI=1S/C20H24F3N5O2/c1-4-12-9-13(27-8-7-19(2,3)18(27)30)25-16-14(24-10-28(12)16)17(29)26-15(11-5-6-11)20(21,22)23/h9-11,15H,4-8H2,1-3H3,(H,26,29). The SMILES string of the molecule is CCc1cc(N2CCC(C)(C)C2=O)nc2c(C(=O)NC(C3CC3)C(F)(F)F)ncn12. The van der Waals surface area contributed by atoms with Crippen molar-refractivity contribution in [3.8, 4) is 0 Å². The fourth-order valence-electron chi connectivity index (χ4n) is 3.88. The van der Waals surface area contributed by atoms with Crippen LogP contribution in [0.25, 0.3) is 5.65 Å². The van der Waals surface area contributed by atoms with Gasteiger partial charge in [0.25, 0.3) is 5.91 Å². The lowest BCUT2D eigenvalue weighted by molar-refractivity contribution is -0.158. The first kappa shape index (κ1) is 20.6. The number of rotatable bonds is 5. The number of hydrogen-bond acceptors (Lipinski definition) is 4. The van der Waals surface area contributed by atoms with E-state index in [1.807, 2.05) is 20.8 Å². The predicted molar refractivity (Wildman–Crippen MR) is 103 cm³/mol. The number of carbonyl (C=O) groups excluding carboxylic acids is 2. The molecule has 2 aromatic rings. The molecule has 3 heterocycles. The van der Waals surface area contributed by atoms with E-state index in [9.17, 15) is 22.8 Å². The Kier molecular flexibility index (Phi) is 4.78. The molecule has 10 heteroatoms. The Bertz CT molecular complexity index is 1010. The summed E-state index contributed by atoms with van der Waals surface area (Å²) < 4.78 is 41.6. The Morgan fingerprint density at radius 3 is 2.60 bits per heavy atom. The first-order valence-electron chi connectivity index (χ1n) is 10.1. The van der Waals surface area contributed by atoms with Gasteiger partial charge in [0.05, 0.1) is 0 Å². The molecule has 1 aliphatic carbocycles. The summed E-state index contributed by atoms with van der Waals surface area (Å²) in [7, 11) is 0. The molecule has 2 aromatic heterocycles. The normalized spacial score (nSPS) is 20.1. The molecule has 1 atom stereocenters. The Morgan fingerprint density at radius 1 is 1.37 bits per heavy atom. The number of fused-ring (bicyclic) bond motifs is 1. The summed E-state index contributed by atoms with van der Waals surface area (Å²) >= 11 is 0. The van der Waals surface area contributed by atoms with Crippen LogP contribution in [0.1, 0.15) is 56.2 Å². The van der Waals surface area contributed by atoms with Crippen molar-refractivity contribution in [2.24, 2.45) is 11.3 Å². The molecular formula is C20H24F3N5O2. The number of halogens is 3. The minimum atomic E-state index is -4.52. The van der Waals surface area contributed by atoms with Gasteiger partial charge in [0.2, 0.25) is 5.91 Å². The van der Waals surface area contributed by atoms with Gasteiger partial charge in [0.15, 0.2) is 11.3 Å². The molecule has 0 spiro atoms. The van der Waals surface area contributed by atoms with E-state index in [1.165, 1.54) is 6.33 Å². The quantitative estimate of drug-likeness (QED) is 0.802. The van der Waals surface area contributed by atoms with Crippen LogP contribution in [0.5, 0.6) is 0 Å². The molecule has 0 aromatic carbocycles. The van der Waals surface area contributed by atoms with Crippen molar-refractivity contribution in [1.29, 1.82) is 0 Å². The molecule has 1 saturated heterocycles. The third kappa shape index (κ3) is 3.52. The lowest BCUT2D eigenvalue weighted by Gasteiger charge is -2.21. The zero-order chi connectivity index (χ0) is 21.8. The van der Waals surface area contributed by atoms with Crippen molar-refractivity contribution < 1.29 is 22.8 Å². The minimum absolute atomic E-state index is 0.0715. The molecule has 7 nitrogen and oxygen atoms in total. The zero-order valence-electron chi connectivity index (χ0n) is 17.1. The van der Waals surface area contributed by atoms with Gasteiger partial charge in [-0.3, -0.25) is 18.9 Å². The number of hydrogen-bond donors (Lipinski definition) is 1. The number of nitrogens with zero attached hydrogens (tertiary/aromatic N) is 4. The first-order valence-corrected chi connectivity index (χ1v) is 10.1. The maximum atomic E-state index is 13.3. The van der Waals surface area contributed by atoms with Gasteiger partial charge < -0.3 is 5.32 Å². The number of amides is 2. The first-order chi connectivity index (χ1) is 14.0. The van der Waals surface area contributed by atoms with Gasteiger partial charge in [-0.1, -0.05) is 20.8 Å². The summed E-state index contributed by atoms with van der Waals surface area (Å²) in [6.07, 6.45) is -1.03. The van der Waals surface area contributed by atoms with Gasteiger partial charge in [-0.25, -0.2) is 9.97 Å². The highest BCUT2D eigenvalue weighted by Gasteiger charge is 2.50. The lowest BCUT2D eigenvalue weighted by Crippen LogP contribution is -2.47. The molecule has 1 saturated carbocycles. The van der Waals surface area contributed by atoms with Crippen LogP contribution in [0.15, 0.2) is 12.4 Å². The molecule has 0 bridgehead atoms. The summed E-state index contributed by atoms with van der Waals surface area (Å²) in [4.78, 5) is 35.5. The smallest absolute Gasteiger partial charge is 0.339 e. The molecule has 1 N–H and O–H groups in total. The van der Waals surface area contributed by atoms with E-state index in [1.54, 1.807) is 15.4 Å². The number of alkyl halides is 3. The zero-order valence-corrected chi connectivity index (χ0v) is 17.1. The van der Waals surface area contributed by atoms with Crippen LogP contribution in [-0.2, 0) is 11.2 Å². The highest BCUT2D eigenvalue weighted by molar-refractivity contribution is 6.00. The fraction of sp³-hybridized carbons (Fsp3) is 0.600. The summed E-state index contributed by atoms with van der Waals surface area (Å²) in [6.45, 7) is 6.12. The number of aryl methyl sites for hydroxylation is 1. The van der Waals surface area contributed by atoms with Crippen LogP contribution < -0.4 is 10.2 Å². The van der Waals surface area contributed by atoms with E-state index in [4.69, 9.17) is 0 Å².